The summed E-state index contributed by atoms with van der Waals surface area (Å²) in [5, 5.41) is 15.7. The molecule has 6 amide bonds. The molecular weight excluding hydrogens is 1070 g/mol. The zero-order valence-corrected chi connectivity index (χ0v) is 47.8. The molecule has 2 saturated heterocycles. The van der Waals surface area contributed by atoms with Gasteiger partial charge in [0, 0.05) is 91.5 Å². The average Bonchev–Trinajstić information content (AvgIpc) is 3.84. The summed E-state index contributed by atoms with van der Waals surface area (Å²) in [6.07, 6.45) is 3.03. The van der Waals surface area contributed by atoms with Gasteiger partial charge in [-0.15, -0.1) is 0 Å². The first-order chi connectivity index (χ1) is 37.5. The lowest BCUT2D eigenvalue weighted by molar-refractivity contribution is -0.144. The Bertz CT molecular complexity index is 3150. The minimum absolute atomic E-state index is 0.0580. The number of carbonyl (C=O) groups is 5. The zero-order valence-electron chi connectivity index (χ0n) is 45.4. The molecule has 20 nitrogen and oxygen atoms in total. The third-order valence-electron chi connectivity index (χ3n) is 13.8. The number of anilines is 6. The normalized spacial score (nSPS) is 15.8. The third-order valence-corrected chi connectivity index (χ3v) is 15.9. The molecule has 4 aromatic carbocycles. The van der Waals surface area contributed by atoms with Gasteiger partial charge in [0.2, 0.25) is 23.7 Å². The fourth-order valence-electron chi connectivity index (χ4n) is 9.30. The van der Waals surface area contributed by atoms with E-state index in [-0.39, 0.29) is 56.2 Å². The van der Waals surface area contributed by atoms with Gasteiger partial charge in [-0.05, 0) is 107 Å². The Hall–Kier alpha value is -6.96. The van der Waals surface area contributed by atoms with Crippen LogP contribution in [0.5, 0.6) is 11.5 Å². The van der Waals surface area contributed by atoms with Gasteiger partial charge >= 0.3 is 6.03 Å². The number of ether oxygens (including phenoxy) is 4. The quantitative estimate of drug-likeness (QED) is 0.0322. The Kier molecular flexibility index (Phi) is 18.4. The lowest BCUT2D eigenvalue weighted by Crippen LogP contribution is -2.52. The molecule has 23 heteroatoms. The van der Waals surface area contributed by atoms with Gasteiger partial charge < -0.3 is 59.5 Å². The van der Waals surface area contributed by atoms with Crippen molar-refractivity contribution in [1.82, 2.24) is 30.4 Å². The number of halogens is 2. The number of methoxy groups -OCH3 is 1. The number of aromatic nitrogens is 2. The number of rotatable bonds is 22. The minimum atomic E-state index is -2.59. The molecule has 420 valence electrons. The summed E-state index contributed by atoms with van der Waals surface area (Å²) in [6, 6.07) is 22.2. The van der Waals surface area contributed by atoms with E-state index in [4.69, 9.17) is 42.1 Å². The number of hydrogen-bond donors (Lipinski definition) is 5. The summed E-state index contributed by atoms with van der Waals surface area (Å²) < 4.78 is 37.2. The molecule has 2 fully saturated rings. The molecule has 0 aliphatic carbocycles. The van der Waals surface area contributed by atoms with Gasteiger partial charge in [0.05, 0.1) is 49.1 Å². The summed E-state index contributed by atoms with van der Waals surface area (Å²) >= 11 is 12.9. The van der Waals surface area contributed by atoms with Gasteiger partial charge in [-0.25, -0.2) is 9.78 Å². The van der Waals surface area contributed by atoms with E-state index >= 15 is 0 Å². The van der Waals surface area contributed by atoms with Crippen LogP contribution in [0.3, 0.4) is 0 Å². The van der Waals surface area contributed by atoms with Gasteiger partial charge in [0.1, 0.15) is 36.3 Å². The maximum absolute atomic E-state index is 13.4. The molecule has 0 radical (unpaired) electrons. The SMILES string of the molecule is COc1cc(N2CCN(C(=O)COC(C)(C)CCOC(C)(C)CCOc3cc(Cl)cc(NC(=O)NCc4ccc5c(c4)CN(C4CCC(=O)NC4=O)C5=O)c3)CC2)ccc1Nc1ncc(Cl)c(Nc2ccccc2P(C)(C)=O)n1. The van der Waals surface area contributed by atoms with Crippen molar-refractivity contribution in [3.63, 3.8) is 0 Å². The number of benzene rings is 4. The van der Waals surface area contributed by atoms with Crippen molar-refractivity contribution in [2.24, 2.45) is 0 Å². The summed E-state index contributed by atoms with van der Waals surface area (Å²) in [7, 11) is -0.997. The van der Waals surface area contributed by atoms with Crippen LogP contribution >= 0.6 is 30.3 Å². The van der Waals surface area contributed by atoms with Crippen molar-refractivity contribution in [2.45, 2.75) is 83.7 Å². The van der Waals surface area contributed by atoms with E-state index in [9.17, 15) is 28.5 Å². The van der Waals surface area contributed by atoms with E-state index in [1.54, 1.807) is 50.8 Å². The minimum Gasteiger partial charge on any atom is -0.494 e. The molecule has 5 aromatic rings. The van der Waals surface area contributed by atoms with E-state index in [1.807, 2.05) is 81.1 Å². The van der Waals surface area contributed by atoms with Gasteiger partial charge in [-0.1, -0.05) is 47.5 Å². The monoisotopic (exact) mass is 1140 g/mol. The van der Waals surface area contributed by atoms with Crippen LogP contribution < -0.4 is 46.3 Å². The number of nitrogens with one attached hydrogen (secondary N) is 5. The van der Waals surface area contributed by atoms with Crippen LogP contribution in [0.2, 0.25) is 10.0 Å². The van der Waals surface area contributed by atoms with Crippen LogP contribution in [0.25, 0.3) is 0 Å². The molecular formula is C56H67Cl2N10O10P. The molecule has 3 aliphatic heterocycles. The fraction of sp³-hybridized carbons (Fsp3) is 0.411. The largest absolute Gasteiger partial charge is 0.494 e. The Balaban J connectivity index is 0.726. The first-order valence-corrected chi connectivity index (χ1v) is 29.3. The van der Waals surface area contributed by atoms with E-state index in [0.717, 1.165) is 16.8 Å². The van der Waals surface area contributed by atoms with Crippen LogP contribution in [0.1, 0.15) is 74.9 Å². The number of piperazine rings is 1. The maximum atomic E-state index is 13.4. The van der Waals surface area contributed by atoms with E-state index in [2.05, 4.69) is 41.5 Å². The highest BCUT2D eigenvalue weighted by molar-refractivity contribution is 7.70. The van der Waals surface area contributed by atoms with Crippen molar-refractivity contribution in [3.8, 4) is 11.5 Å². The Morgan fingerprint density at radius 2 is 1.61 bits per heavy atom. The van der Waals surface area contributed by atoms with Crippen LogP contribution in [-0.4, -0.2) is 133 Å². The summed E-state index contributed by atoms with van der Waals surface area (Å²) in [5.74, 6) is 0.520. The first-order valence-electron chi connectivity index (χ1n) is 26.0. The fourth-order valence-corrected chi connectivity index (χ4v) is 10.8. The molecule has 1 atom stereocenters. The molecule has 1 aromatic heterocycles. The topological polar surface area (TPSA) is 235 Å². The van der Waals surface area contributed by atoms with Crippen LogP contribution in [0.4, 0.5) is 39.3 Å². The number of nitrogens with zero attached hydrogens (tertiary/aromatic N) is 5. The smallest absolute Gasteiger partial charge is 0.319 e. The Labute approximate surface area is 469 Å². The number of fused-ring (bicyclic) bond motifs is 1. The molecule has 5 N–H and O–H groups in total. The first kappa shape index (κ1) is 58.2. The molecule has 0 spiro atoms. The number of hydrogen-bond acceptors (Lipinski definition) is 15. The summed E-state index contributed by atoms with van der Waals surface area (Å²) in [6.45, 7) is 14.6. The molecule has 8 rings (SSSR count). The Morgan fingerprint density at radius 3 is 2.35 bits per heavy atom. The van der Waals surface area contributed by atoms with Crippen LogP contribution in [-0.2, 0) is 41.5 Å². The van der Waals surface area contributed by atoms with Crippen molar-refractivity contribution in [2.75, 3.05) is 87.3 Å². The lowest BCUT2D eigenvalue weighted by Gasteiger charge is -2.37. The number of urea groups is 1. The van der Waals surface area contributed by atoms with Gasteiger partial charge in [-0.3, -0.25) is 24.5 Å². The van der Waals surface area contributed by atoms with Crippen molar-refractivity contribution < 1.29 is 47.5 Å². The Morgan fingerprint density at radius 1 is 0.861 bits per heavy atom. The molecule has 1 unspecified atom stereocenters. The van der Waals surface area contributed by atoms with Crippen molar-refractivity contribution in [1.29, 1.82) is 0 Å². The van der Waals surface area contributed by atoms with E-state index in [1.165, 1.54) is 11.1 Å². The predicted molar refractivity (Wildman–Crippen MR) is 306 cm³/mol. The van der Waals surface area contributed by atoms with Gasteiger partial charge in [-0.2, -0.15) is 4.98 Å². The molecule has 3 aliphatic rings. The zero-order chi connectivity index (χ0) is 56.6. The van der Waals surface area contributed by atoms with Gasteiger partial charge in [0.25, 0.3) is 5.91 Å². The standard InChI is InChI=1S/C56H67Cl2N10O10P/c1-55(2,18-24-76-40-28-37(57)27-38(29-40)61-54(73)60-31-35-12-14-41-36(26-35)33-68(52(41)72)45-16-17-48(69)64-51(45)71)77-25-19-56(3,4)78-34-49(70)67-22-20-66(21-23-67)39-13-15-43(46(30-39)75-5)63-53-59-32-42(58)50(65-53)62-44-10-8-9-11-47(44)79(6,7)74/h8-15,26-30,32,45H,16-25,31,33-34H2,1-7H3,(H2,60,61,73)(H,64,69,71)(H2,59,62,63,65). The average molecular weight is 1140 g/mol. The summed E-state index contributed by atoms with van der Waals surface area (Å²) in [4.78, 5) is 77.9. The van der Waals surface area contributed by atoms with Crippen molar-refractivity contribution in [3.05, 3.63) is 112 Å². The van der Waals surface area contributed by atoms with E-state index in [0.29, 0.717) is 108 Å². The number of amides is 6. The maximum Gasteiger partial charge on any atom is 0.319 e. The van der Waals surface area contributed by atoms with Gasteiger partial charge in [0.15, 0.2) is 5.82 Å². The third kappa shape index (κ3) is 15.5. The number of para-hydroxylation sites is 1. The molecule has 4 heterocycles. The number of imide groups is 1. The van der Waals surface area contributed by atoms with E-state index < -0.39 is 36.3 Å². The molecule has 0 bridgehead atoms. The van der Waals surface area contributed by atoms with Crippen LogP contribution in [0, 0.1) is 0 Å². The molecule has 0 saturated carbocycles. The van der Waals surface area contributed by atoms with Crippen molar-refractivity contribution >= 4 is 99.8 Å². The highest BCUT2D eigenvalue weighted by atomic mass is 35.5. The molecule has 79 heavy (non-hydrogen) atoms. The second-order valence-electron chi connectivity index (χ2n) is 21.1. The highest BCUT2D eigenvalue weighted by Crippen LogP contribution is 2.39. The highest BCUT2D eigenvalue weighted by Gasteiger charge is 2.39. The van der Waals surface area contributed by atoms with Crippen LogP contribution in [0.15, 0.2) is 85.1 Å². The number of carbonyl (C=O) groups excluding carboxylic acids is 5. The lowest BCUT2D eigenvalue weighted by atomic mass is 10.0. The predicted octanol–water partition coefficient (Wildman–Crippen LogP) is 8.71. The summed E-state index contributed by atoms with van der Waals surface area (Å²) in [5.41, 5.74) is 3.47. The second-order valence-corrected chi connectivity index (χ2v) is 25.2. The number of piperidine rings is 1. The second kappa shape index (κ2) is 25.0.